The predicted octanol–water partition coefficient (Wildman–Crippen LogP) is 4.34. The Kier molecular flexibility index (Phi) is 5.41. The number of carbonyl (C=O) groups is 1. The molecular weight excluding hydrogens is 325 g/mol. The molecule has 1 atom stereocenters. The van der Waals surface area contributed by atoms with E-state index < -0.39 is 5.25 Å². The zero-order valence-corrected chi connectivity index (χ0v) is 14.3. The van der Waals surface area contributed by atoms with Gasteiger partial charge in [0.05, 0.1) is 6.61 Å². The molecule has 1 N–H and O–H groups in total. The summed E-state index contributed by atoms with van der Waals surface area (Å²) in [6.07, 6.45) is 2.07. The quantitative estimate of drug-likeness (QED) is 0.759. The number of rotatable bonds is 7. The number of nitrogens with one attached hydrogen (secondary N) is 1. The second-order valence-corrected chi connectivity index (χ2v) is 6.92. The molecule has 0 aliphatic heterocycles. The Hall–Kier alpha value is -2.01. The van der Waals surface area contributed by atoms with E-state index in [2.05, 4.69) is 5.32 Å². The average molecular weight is 345 g/mol. The van der Waals surface area contributed by atoms with E-state index in [0.29, 0.717) is 12.6 Å². The molecule has 1 saturated carbocycles. The molecule has 2 aromatic rings. The van der Waals surface area contributed by atoms with Crippen molar-refractivity contribution in [1.82, 2.24) is 5.32 Å². The van der Waals surface area contributed by atoms with Gasteiger partial charge in [0.25, 0.3) is 0 Å². The van der Waals surface area contributed by atoms with Gasteiger partial charge >= 0.3 is 0 Å². The molecule has 1 fully saturated rings. The van der Waals surface area contributed by atoms with Crippen LogP contribution in [0.5, 0.6) is 5.75 Å². The molecule has 0 aromatic heterocycles. The molecule has 2 aromatic carbocycles. The molecular formula is C19H20FNO2S. The van der Waals surface area contributed by atoms with Gasteiger partial charge in [0, 0.05) is 10.9 Å². The van der Waals surface area contributed by atoms with E-state index in [-0.39, 0.29) is 11.7 Å². The second-order valence-electron chi connectivity index (χ2n) is 5.74. The van der Waals surface area contributed by atoms with Crippen molar-refractivity contribution in [3.63, 3.8) is 0 Å². The Morgan fingerprint density at radius 2 is 1.88 bits per heavy atom. The molecule has 0 saturated heterocycles. The Balaban J connectivity index is 1.77. The molecule has 3 rings (SSSR count). The van der Waals surface area contributed by atoms with Crippen LogP contribution < -0.4 is 10.1 Å². The van der Waals surface area contributed by atoms with E-state index in [0.717, 1.165) is 29.1 Å². The normalized spacial score (nSPS) is 14.9. The van der Waals surface area contributed by atoms with Gasteiger partial charge in [0.2, 0.25) is 5.91 Å². The molecule has 1 aliphatic carbocycles. The third-order valence-electron chi connectivity index (χ3n) is 3.72. The fourth-order valence-corrected chi connectivity index (χ4v) is 3.37. The molecule has 3 nitrogen and oxygen atoms in total. The van der Waals surface area contributed by atoms with E-state index >= 15 is 0 Å². The van der Waals surface area contributed by atoms with E-state index in [4.69, 9.17) is 4.74 Å². The summed E-state index contributed by atoms with van der Waals surface area (Å²) in [5, 5.41) is 2.64. The maximum absolute atomic E-state index is 13.2. The van der Waals surface area contributed by atoms with E-state index in [1.54, 1.807) is 12.1 Å². The van der Waals surface area contributed by atoms with Crippen LogP contribution >= 0.6 is 11.8 Å². The van der Waals surface area contributed by atoms with Gasteiger partial charge in [-0.3, -0.25) is 4.79 Å². The largest absolute Gasteiger partial charge is 0.494 e. The predicted molar refractivity (Wildman–Crippen MR) is 93.8 cm³/mol. The molecule has 1 unspecified atom stereocenters. The monoisotopic (exact) mass is 345 g/mol. The van der Waals surface area contributed by atoms with Crippen LogP contribution in [0.4, 0.5) is 4.39 Å². The SMILES string of the molecule is CCOc1ccc(SC(C(=O)NC2CC2)c2ccc(F)cc2)cc1. The summed E-state index contributed by atoms with van der Waals surface area (Å²) in [5.41, 5.74) is 0.799. The molecule has 1 amide bonds. The van der Waals surface area contributed by atoms with Crippen LogP contribution in [-0.4, -0.2) is 18.6 Å². The van der Waals surface area contributed by atoms with Crippen molar-refractivity contribution in [2.24, 2.45) is 0 Å². The van der Waals surface area contributed by atoms with Gasteiger partial charge in [-0.05, 0) is 61.7 Å². The first-order valence-corrected chi connectivity index (χ1v) is 8.99. The van der Waals surface area contributed by atoms with Crippen molar-refractivity contribution in [3.8, 4) is 5.75 Å². The molecule has 1 aliphatic rings. The fourth-order valence-electron chi connectivity index (χ4n) is 2.33. The van der Waals surface area contributed by atoms with E-state index in [9.17, 15) is 9.18 Å². The van der Waals surface area contributed by atoms with Gasteiger partial charge in [-0.25, -0.2) is 4.39 Å². The van der Waals surface area contributed by atoms with Crippen LogP contribution in [-0.2, 0) is 4.79 Å². The van der Waals surface area contributed by atoms with Gasteiger partial charge in [-0.2, -0.15) is 0 Å². The number of benzene rings is 2. The lowest BCUT2D eigenvalue weighted by molar-refractivity contribution is -0.120. The molecule has 24 heavy (non-hydrogen) atoms. The van der Waals surface area contributed by atoms with Crippen LogP contribution in [0, 0.1) is 5.82 Å². The van der Waals surface area contributed by atoms with Crippen molar-refractivity contribution < 1.29 is 13.9 Å². The standard InChI is InChI=1S/C19H20FNO2S/c1-2-23-16-9-11-17(12-10-16)24-18(19(22)21-15-7-8-15)13-3-5-14(20)6-4-13/h3-6,9-12,15,18H,2,7-8H2,1H3,(H,21,22). The molecule has 5 heteroatoms. The lowest BCUT2D eigenvalue weighted by Crippen LogP contribution is -2.29. The minimum absolute atomic E-state index is 0.0250. The highest BCUT2D eigenvalue weighted by molar-refractivity contribution is 8.00. The maximum Gasteiger partial charge on any atom is 0.238 e. The second kappa shape index (κ2) is 7.71. The van der Waals surface area contributed by atoms with Crippen LogP contribution in [0.2, 0.25) is 0 Å². The maximum atomic E-state index is 13.2. The molecule has 0 heterocycles. The number of halogens is 1. The van der Waals surface area contributed by atoms with E-state index in [1.807, 2.05) is 31.2 Å². The van der Waals surface area contributed by atoms with Gasteiger partial charge < -0.3 is 10.1 Å². The Morgan fingerprint density at radius 3 is 2.46 bits per heavy atom. The summed E-state index contributed by atoms with van der Waals surface area (Å²) in [5.74, 6) is 0.483. The van der Waals surface area contributed by atoms with Crippen LogP contribution in [0.1, 0.15) is 30.6 Å². The van der Waals surface area contributed by atoms with Crippen molar-refractivity contribution in [1.29, 1.82) is 0 Å². The third kappa shape index (κ3) is 4.51. The van der Waals surface area contributed by atoms with Crippen molar-refractivity contribution in [2.75, 3.05) is 6.61 Å². The highest BCUT2D eigenvalue weighted by atomic mass is 32.2. The van der Waals surface area contributed by atoms with Crippen LogP contribution in [0.25, 0.3) is 0 Å². The fraction of sp³-hybridized carbons (Fsp3) is 0.316. The van der Waals surface area contributed by atoms with Crippen LogP contribution in [0.3, 0.4) is 0 Å². The molecule has 126 valence electrons. The number of hydrogen-bond donors (Lipinski definition) is 1. The summed E-state index contributed by atoms with van der Waals surface area (Å²) in [6, 6.07) is 14.1. The summed E-state index contributed by atoms with van der Waals surface area (Å²) >= 11 is 1.46. The zero-order valence-electron chi connectivity index (χ0n) is 13.5. The first-order valence-electron chi connectivity index (χ1n) is 8.11. The minimum atomic E-state index is -0.399. The Labute approximate surface area is 145 Å². The van der Waals surface area contributed by atoms with Gasteiger partial charge in [0.1, 0.15) is 16.8 Å². The number of hydrogen-bond acceptors (Lipinski definition) is 3. The number of carbonyl (C=O) groups excluding carboxylic acids is 1. The number of thioether (sulfide) groups is 1. The number of ether oxygens (including phenoxy) is 1. The minimum Gasteiger partial charge on any atom is -0.494 e. The molecule has 0 radical (unpaired) electrons. The molecule has 0 spiro atoms. The first kappa shape index (κ1) is 16.8. The lowest BCUT2D eigenvalue weighted by Gasteiger charge is -2.17. The van der Waals surface area contributed by atoms with Crippen LogP contribution in [0.15, 0.2) is 53.4 Å². The molecule has 0 bridgehead atoms. The summed E-state index contributed by atoms with van der Waals surface area (Å²) in [7, 11) is 0. The van der Waals surface area contributed by atoms with Crippen molar-refractivity contribution in [2.45, 2.75) is 36.0 Å². The smallest absolute Gasteiger partial charge is 0.238 e. The Morgan fingerprint density at radius 1 is 1.21 bits per heavy atom. The first-order chi connectivity index (χ1) is 11.7. The van der Waals surface area contributed by atoms with E-state index in [1.165, 1.54) is 23.9 Å². The van der Waals surface area contributed by atoms with Gasteiger partial charge in [-0.1, -0.05) is 12.1 Å². The number of amides is 1. The van der Waals surface area contributed by atoms with Crippen molar-refractivity contribution in [3.05, 3.63) is 59.9 Å². The Bertz CT molecular complexity index is 684. The summed E-state index contributed by atoms with van der Waals surface area (Å²) in [6.45, 7) is 2.56. The average Bonchev–Trinajstić information content (AvgIpc) is 3.39. The topological polar surface area (TPSA) is 38.3 Å². The third-order valence-corrected chi connectivity index (χ3v) is 4.99. The summed E-state index contributed by atoms with van der Waals surface area (Å²) in [4.78, 5) is 13.6. The highest BCUT2D eigenvalue weighted by Crippen LogP contribution is 2.37. The van der Waals surface area contributed by atoms with Crippen molar-refractivity contribution >= 4 is 17.7 Å². The lowest BCUT2D eigenvalue weighted by atomic mass is 10.1. The van der Waals surface area contributed by atoms with Gasteiger partial charge in [0.15, 0.2) is 0 Å². The zero-order chi connectivity index (χ0) is 16.9. The highest BCUT2D eigenvalue weighted by Gasteiger charge is 2.29. The summed E-state index contributed by atoms with van der Waals surface area (Å²) < 4.78 is 18.6. The van der Waals surface area contributed by atoms with Gasteiger partial charge in [-0.15, -0.1) is 11.8 Å².